The first-order valence-electron chi connectivity index (χ1n) is 9.81. The SMILES string of the molecule is C[C@H](OC(=O)Cc1c[nH]c2ccccc12)C(=O)Nc1ccccc1-c1ccccc1. The molecular weight excluding hydrogens is 376 g/mol. The van der Waals surface area contributed by atoms with Crippen LogP contribution in [0.4, 0.5) is 5.69 Å². The van der Waals surface area contributed by atoms with E-state index in [1.807, 2.05) is 78.9 Å². The summed E-state index contributed by atoms with van der Waals surface area (Å²) in [6.07, 6.45) is 0.987. The molecule has 2 N–H and O–H groups in total. The number of fused-ring (bicyclic) bond motifs is 1. The molecule has 0 radical (unpaired) electrons. The van der Waals surface area contributed by atoms with E-state index in [1.54, 1.807) is 13.1 Å². The quantitative estimate of drug-likeness (QED) is 0.452. The standard InChI is InChI=1S/C25H22N2O3/c1-17(30-24(28)15-19-16-26-22-13-7-5-12-21(19)22)25(29)27-23-14-8-6-11-20(23)18-9-3-2-4-10-18/h2-14,16-17,26H,15H2,1H3,(H,27,29)/t17-/m0/s1. The first-order valence-corrected chi connectivity index (χ1v) is 9.81. The van der Waals surface area contributed by atoms with Gasteiger partial charge in [-0.25, -0.2) is 0 Å². The summed E-state index contributed by atoms with van der Waals surface area (Å²) < 4.78 is 5.39. The van der Waals surface area contributed by atoms with Crippen LogP contribution >= 0.6 is 0 Å². The number of anilines is 1. The smallest absolute Gasteiger partial charge is 0.311 e. The minimum Gasteiger partial charge on any atom is -0.452 e. The van der Waals surface area contributed by atoms with Gasteiger partial charge in [0.25, 0.3) is 5.91 Å². The van der Waals surface area contributed by atoms with Gasteiger partial charge >= 0.3 is 5.97 Å². The Bertz CT molecular complexity index is 1180. The fourth-order valence-electron chi connectivity index (χ4n) is 3.42. The van der Waals surface area contributed by atoms with Gasteiger partial charge in [0, 0.05) is 28.4 Å². The highest BCUT2D eigenvalue weighted by molar-refractivity contribution is 5.99. The molecule has 0 aliphatic rings. The summed E-state index contributed by atoms with van der Waals surface area (Å²) in [7, 11) is 0. The molecule has 5 heteroatoms. The molecule has 0 unspecified atom stereocenters. The predicted octanol–water partition coefficient (Wildman–Crippen LogP) is 4.95. The number of rotatable bonds is 6. The zero-order chi connectivity index (χ0) is 20.9. The average Bonchev–Trinajstić information content (AvgIpc) is 3.17. The van der Waals surface area contributed by atoms with Crippen LogP contribution in [0, 0.1) is 0 Å². The third-order valence-electron chi connectivity index (χ3n) is 4.96. The predicted molar refractivity (Wildman–Crippen MR) is 118 cm³/mol. The topological polar surface area (TPSA) is 71.2 Å². The highest BCUT2D eigenvalue weighted by Crippen LogP contribution is 2.27. The molecule has 1 amide bonds. The molecule has 0 fully saturated rings. The molecule has 3 aromatic carbocycles. The lowest BCUT2D eigenvalue weighted by molar-refractivity contribution is -0.152. The van der Waals surface area contributed by atoms with Crippen LogP contribution in [0.2, 0.25) is 0 Å². The first kappa shape index (κ1) is 19.5. The monoisotopic (exact) mass is 398 g/mol. The van der Waals surface area contributed by atoms with Gasteiger partial charge in [0.2, 0.25) is 0 Å². The lowest BCUT2D eigenvalue weighted by Gasteiger charge is -2.16. The highest BCUT2D eigenvalue weighted by Gasteiger charge is 2.20. The summed E-state index contributed by atoms with van der Waals surface area (Å²) in [6, 6.07) is 25.1. The minimum atomic E-state index is -0.911. The summed E-state index contributed by atoms with van der Waals surface area (Å²) in [5, 5.41) is 3.86. The second-order valence-corrected chi connectivity index (χ2v) is 7.07. The maximum atomic E-state index is 12.7. The van der Waals surface area contributed by atoms with Gasteiger partial charge in [0.1, 0.15) is 0 Å². The van der Waals surface area contributed by atoms with Gasteiger partial charge in [-0.15, -0.1) is 0 Å². The van der Waals surface area contributed by atoms with E-state index in [2.05, 4.69) is 10.3 Å². The number of carbonyl (C=O) groups excluding carboxylic acids is 2. The van der Waals surface area contributed by atoms with E-state index in [-0.39, 0.29) is 12.3 Å². The molecule has 0 saturated heterocycles. The highest BCUT2D eigenvalue weighted by atomic mass is 16.5. The summed E-state index contributed by atoms with van der Waals surface area (Å²) in [4.78, 5) is 28.2. The van der Waals surface area contributed by atoms with Gasteiger partial charge < -0.3 is 15.0 Å². The van der Waals surface area contributed by atoms with Crippen LogP contribution in [0.15, 0.2) is 85.1 Å². The van der Waals surface area contributed by atoms with Crippen LogP contribution < -0.4 is 5.32 Å². The summed E-state index contributed by atoms with van der Waals surface area (Å²) in [6.45, 7) is 1.58. The van der Waals surface area contributed by atoms with Crippen molar-refractivity contribution in [3.05, 3.63) is 90.6 Å². The number of esters is 1. The number of amides is 1. The van der Waals surface area contributed by atoms with Gasteiger partial charge in [-0.2, -0.15) is 0 Å². The van der Waals surface area contributed by atoms with E-state index in [4.69, 9.17) is 4.74 Å². The molecule has 150 valence electrons. The molecule has 1 aromatic heterocycles. The Kier molecular flexibility index (Phi) is 5.61. The third kappa shape index (κ3) is 4.25. The summed E-state index contributed by atoms with van der Waals surface area (Å²) in [5.74, 6) is -0.815. The average molecular weight is 398 g/mol. The Balaban J connectivity index is 1.42. The molecule has 0 bridgehead atoms. The Morgan fingerprint density at radius 2 is 1.63 bits per heavy atom. The number of aromatic nitrogens is 1. The molecule has 0 aliphatic carbocycles. The summed E-state index contributed by atoms with van der Waals surface area (Å²) in [5.41, 5.74) is 4.38. The van der Waals surface area contributed by atoms with Gasteiger partial charge in [0.05, 0.1) is 6.42 Å². The van der Waals surface area contributed by atoms with E-state index in [0.717, 1.165) is 27.6 Å². The van der Waals surface area contributed by atoms with E-state index in [9.17, 15) is 9.59 Å². The number of nitrogens with one attached hydrogen (secondary N) is 2. The Hall–Kier alpha value is -3.86. The lowest BCUT2D eigenvalue weighted by atomic mass is 10.0. The number of hydrogen-bond acceptors (Lipinski definition) is 3. The molecule has 1 atom stereocenters. The van der Waals surface area contributed by atoms with Crippen molar-refractivity contribution in [3.63, 3.8) is 0 Å². The lowest BCUT2D eigenvalue weighted by Crippen LogP contribution is -2.30. The maximum absolute atomic E-state index is 12.7. The van der Waals surface area contributed by atoms with Crippen molar-refractivity contribution in [2.45, 2.75) is 19.4 Å². The minimum absolute atomic E-state index is 0.0994. The molecule has 0 saturated carbocycles. The van der Waals surface area contributed by atoms with Crippen molar-refractivity contribution in [2.24, 2.45) is 0 Å². The molecular formula is C25H22N2O3. The Labute approximate surface area is 174 Å². The van der Waals surface area contributed by atoms with E-state index in [1.165, 1.54) is 0 Å². The number of H-pyrrole nitrogens is 1. The zero-order valence-electron chi connectivity index (χ0n) is 16.6. The van der Waals surface area contributed by atoms with Gasteiger partial charge in [-0.3, -0.25) is 9.59 Å². The second kappa shape index (κ2) is 8.66. The normalized spacial score (nSPS) is 11.8. The maximum Gasteiger partial charge on any atom is 0.311 e. The van der Waals surface area contributed by atoms with Crippen LogP contribution in [0.25, 0.3) is 22.0 Å². The van der Waals surface area contributed by atoms with Gasteiger partial charge in [0.15, 0.2) is 6.10 Å². The number of para-hydroxylation sites is 2. The van der Waals surface area contributed by atoms with Crippen molar-refractivity contribution in [1.29, 1.82) is 0 Å². The summed E-state index contributed by atoms with van der Waals surface area (Å²) >= 11 is 0. The second-order valence-electron chi connectivity index (χ2n) is 7.07. The van der Waals surface area contributed by atoms with Gasteiger partial charge in [-0.1, -0.05) is 66.7 Å². The van der Waals surface area contributed by atoms with Crippen LogP contribution in [-0.2, 0) is 20.7 Å². The van der Waals surface area contributed by atoms with Crippen molar-refractivity contribution in [1.82, 2.24) is 4.98 Å². The Morgan fingerprint density at radius 3 is 2.47 bits per heavy atom. The van der Waals surface area contributed by atoms with Crippen LogP contribution in [0.3, 0.4) is 0 Å². The van der Waals surface area contributed by atoms with Crippen molar-refractivity contribution in [3.8, 4) is 11.1 Å². The third-order valence-corrected chi connectivity index (χ3v) is 4.96. The fourth-order valence-corrected chi connectivity index (χ4v) is 3.42. The molecule has 1 heterocycles. The van der Waals surface area contributed by atoms with E-state index >= 15 is 0 Å². The number of hydrogen-bond donors (Lipinski definition) is 2. The largest absolute Gasteiger partial charge is 0.452 e. The number of aromatic amines is 1. The fraction of sp³-hybridized carbons (Fsp3) is 0.120. The number of benzene rings is 3. The van der Waals surface area contributed by atoms with Crippen LogP contribution in [-0.4, -0.2) is 23.0 Å². The number of carbonyl (C=O) groups is 2. The van der Waals surface area contributed by atoms with E-state index in [0.29, 0.717) is 5.69 Å². The molecule has 30 heavy (non-hydrogen) atoms. The molecule has 4 rings (SSSR count). The van der Waals surface area contributed by atoms with Crippen molar-refractivity contribution >= 4 is 28.5 Å². The van der Waals surface area contributed by atoms with Crippen molar-refractivity contribution in [2.75, 3.05) is 5.32 Å². The molecule has 0 aliphatic heterocycles. The zero-order valence-corrected chi connectivity index (χ0v) is 16.6. The number of ether oxygens (including phenoxy) is 1. The van der Waals surface area contributed by atoms with Crippen LogP contribution in [0.5, 0.6) is 0 Å². The van der Waals surface area contributed by atoms with Crippen LogP contribution in [0.1, 0.15) is 12.5 Å². The van der Waals surface area contributed by atoms with Gasteiger partial charge in [-0.05, 0) is 30.2 Å². The molecule has 4 aromatic rings. The Morgan fingerprint density at radius 1 is 0.933 bits per heavy atom. The van der Waals surface area contributed by atoms with Crippen molar-refractivity contribution < 1.29 is 14.3 Å². The van der Waals surface area contributed by atoms with E-state index < -0.39 is 12.1 Å². The molecule has 0 spiro atoms. The molecule has 5 nitrogen and oxygen atoms in total. The first-order chi connectivity index (χ1) is 14.6.